The number of nitrogens with two attached hydrogens (primary N) is 1. The van der Waals surface area contributed by atoms with Gasteiger partial charge in [0, 0.05) is 25.2 Å². The van der Waals surface area contributed by atoms with E-state index in [1.54, 1.807) is 23.1 Å². The zero-order valence-corrected chi connectivity index (χ0v) is 19.7. The summed E-state index contributed by atoms with van der Waals surface area (Å²) in [6, 6.07) is 18.8. The number of carbonyl (C=O) groups excluding carboxylic acids is 3. The SMILES string of the molecule is COc1cc(CNC(=O)C2CCCN(C(=O)c3cccc4ccccc34)C2)ccc1OCC(N)=O. The Morgan fingerprint density at radius 1 is 1.06 bits per heavy atom. The predicted octanol–water partition coefficient (Wildman–Crippen LogP) is 2.88. The molecule has 182 valence electrons. The van der Waals surface area contributed by atoms with Gasteiger partial charge in [-0.1, -0.05) is 42.5 Å². The van der Waals surface area contributed by atoms with E-state index in [1.165, 1.54) is 7.11 Å². The van der Waals surface area contributed by atoms with Crippen molar-refractivity contribution in [3.8, 4) is 11.5 Å². The van der Waals surface area contributed by atoms with E-state index in [-0.39, 0.29) is 24.3 Å². The number of hydrogen-bond donors (Lipinski definition) is 2. The monoisotopic (exact) mass is 475 g/mol. The fourth-order valence-corrected chi connectivity index (χ4v) is 4.38. The van der Waals surface area contributed by atoms with Crippen LogP contribution in [0.15, 0.2) is 60.7 Å². The third kappa shape index (κ3) is 5.71. The Morgan fingerprint density at radius 2 is 1.86 bits per heavy atom. The second-order valence-corrected chi connectivity index (χ2v) is 8.58. The first-order valence-electron chi connectivity index (χ1n) is 11.6. The molecule has 3 N–H and O–H groups in total. The first kappa shape index (κ1) is 24.1. The molecule has 0 radical (unpaired) electrons. The van der Waals surface area contributed by atoms with Crippen LogP contribution in [-0.2, 0) is 16.1 Å². The zero-order valence-electron chi connectivity index (χ0n) is 19.7. The number of benzene rings is 3. The summed E-state index contributed by atoms with van der Waals surface area (Å²) < 4.78 is 10.7. The smallest absolute Gasteiger partial charge is 0.255 e. The number of hydrogen-bond acceptors (Lipinski definition) is 5. The Balaban J connectivity index is 1.38. The highest BCUT2D eigenvalue weighted by atomic mass is 16.5. The molecule has 8 heteroatoms. The van der Waals surface area contributed by atoms with Gasteiger partial charge in [0.15, 0.2) is 18.1 Å². The molecule has 0 saturated carbocycles. The van der Waals surface area contributed by atoms with E-state index in [1.807, 2.05) is 42.5 Å². The number of likely N-dealkylation sites (tertiary alicyclic amines) is 1. The van der Waals surface area contributed by atoms with Crippen molar-refractivity contribution in [1.29, 1.82) is 0 Å². The lowest BCUT2D eigenvalue weighted by atomic mass is 9.95. The van der Waals surface area contributed by atoms with Gasteiger partial charge < -0.3 is 25.4 Å². The molecule has 0 aromatic heterocycles. The van der Waals surface area contributed by atoms with Crippen LogP contribution in [0.25, 0.3) is 10.8 Å². The second kappa shape index (κ2) is 10.9. The average Bonchev–Trinajstić information content (AvgIpc) is 2.90. The molecule has 3 aromatic carbocycles. The minimum absolute atomic E-state index is 0.0458. The van der Waals surface area contributed by atoms with Gasteiger partial charge in [0.2, 0.25) is 5.91 Å². The van der Waals surface area contributed by atoms with E-state index in [2.05, 4.69) is 5.32 Å². The summed E-state index contributed by atoms with van der Waals surface area (Å²) in [5.41, 5.74) is 6.61. The number of rotatable bonds is 8. The van der Waals surface area contributed by atoms with E-state index in [0.29, 0.717) is 36.7 Å². The summed E-state index contributed by atoms with van der Waals surface area (Å²) in [5.74, 6) is -0.144. The third-order valence-electron chi connectivity index (χ3n) is 6.16. The fraction of sp³-hybridized carbons (Fsp3) is 0.296. The summed E-state index contributed by atoms with van der Waals surface area (Å²) in [5, 5.41) is 4.91. The molecule has 3 aromatic rings. The molecule has 1 atom stereocenters. The molecule has 35 heavy (non-hydrogen) atoms. The minimum Gasteiger partial charge on any atom is -0.493 e. The lowest BCUT2D eigenvalue weighted by Gasteiger charge is -2.32. The van der Waals surface area contributed by atoms with Crippen molar-refractivity contribution >= 4 is 28.5 Å². The van der Waals surface area contributed by atoms with Crippen molar-refractivity contribution in [3.63, 3.8) is 0 Å². The maximum atomic E-state index is 13.3. The van der Waals surface area contributed by atoms with Crippen LogP contribution in [0.3, 0.4) is 0 Å². The molecule has 1 heterocycles. The van der Waals surface area contributed by atoms with Gasteiger partial charge in [-0.15, -0.1) is 0 Å². The Morgan fingerprint density at radius 3 is 2.66 bits per heavy atom. The number of fused-ring (bicyclic) bond motifs is 1. The molecule has 1 aliphatic rings. The lowest BCUT2D eigenvalue weighted by Crippen LogP contribution is -2.45. The molecule has 0 aliphatic carbocycles. The van der Waals surface area contributed by atoms with Gasteiger partial charge in [0.25, 0.3) is 11.8 Å². The van der Waals surface area contributed by atoms with Crippen LogP contribution in [-0.4, -0.2) is 49.4 Å². The van der Waals surface area contributed by atoms with Crippen molar-refractivity contribution < 1.29 is 23.9 Å². The van der Waals surface area contributed by atoms with Crippen molar-refractivity contribution in [2.45, 2.75) is 19.4 Å². The van der Waals surface area contributed by atoms with Gasteiger partial charge in [0.05, 0.1) is 13.0 Å². The van der Waals surface area contributed by atoms with Crippen molar-refractivity contribution in [1.82, 2.24) is 10.2 Å². The van der Waals surface area contributed by atoms with Crippen LogP contribution in [0, 0.1) is 5.92 Å². The molecule has 8 nitrogen and oxygen atoms in total. The quantitative estimate of drug-likeness (QED) is 0.521. The largest absolute Gasteiger partial charge is 0.493 e. The predicted molar refractivity (Wildman–Crippen MR) is 132 cm³/mol. The number of ether oxygens (including phenoxy) is 2. The number of amides is 3. The number of primary amides is 1. The van der Waals surface area contributed by atoms with Gasteiger partial charge in [-0.3, -0.25) is 14.4 Å². The third-order valence-corrected chi connectivity index (χ3v) is 6.16. The van der Waals surface area contributed by atoms with E-state index >= 15 is 0 Å². The first-order valence-corrected chi connectivity index (χ1v) is 11.6. The van der Waals surface area contributed by atoms with Gasteiger partial charge in [-0.2, -0.15) is 0 Å². The van der Waals surface area contributed by atoms with Crippen LogP contribution in [0.5, 0.6) is 11.5 Å². The molecule has 1 fully saturated rings. The van der Waals surface area contributed by atoms with Crippen LogP contribution >= 0.6 is 0 Å². The molecule has 1 saturated heterocycles. The number of nitrogens with zero attached hydrogens (tertiary/aromatic N) is 1. The molecule has 0 spiro atoms. The highest BCUT2D eigenvalue weighted by Crippen LogP contribution is 2.28. The number of piperidine rings is 1. The highest BCUT2D eigenvalue weighted by Gasteiger charge is 2.29. The standard InChI is InChI=1S/C27H29N3O5/c1-34-24-14-18(11-12-23(24)35-17-25(28)31)15-29-26(32)20-8-5-13-30(16-20)27(33)22-10-4-7-19-6-2-3-9-21(19)22/h2-4,6-7,9-12,14,20H,5,8,13,15-17H2,1H3,(H2,28,31)(H,29,32). The molecule has 0 bridgehead atoms. The summed E-state index contributed by atoms with van der Waals surface area (Å²) in [6.07, 6.45) is 1.50. The molecular weight excluding hydrogens is 446 g/mol. The molecule has 1 aliphatic heterocycles. The zero-order chi connectivity index (χ0) is 24.8. The molecule has 3 amide bonds. The summed E-state index contributed by atoms with van der Waals surface area (Å²) >= 11 is 0. The van der Waals surface area contributed by atoms with Crippen molar-refractivity contribution in [2.24, 2.45) is 11.7 Å². The minimum atomic E-state index is -0.580. The van der Waals surface area contributed by atoms with Crippen molar-refractivity contribution in [3.05, 3.63) is 71.8 Å². The van der Waals surface area contributed by atoms with Crippen LogP contribution in [0.4, 0.5) is 0 Å². The maximum absolute atomic E-state index is 13.3. The van der Waals surface area contributed by atoms with Crippen LogP contribution in [0.1, 0.15) is 28.8 Å². The number of carbonyl (C=O) groups is 3. The summed E-state index contributed by atoms with van der Waals surface area (Å²) in [6.45, 7) is 1.08. The van der Waals surface area contributed by atoms with E-state index in [0.717, 1.165) is 29.2 Å². The fourth-order valence-electron chi connectivity index (χ4n) is 4.38. The lowest BCUT2D eigenvalue weighted by molar-refractivity contribution is -0.126. The Hall–Kier alpha value is -4.07. The second-order valence-electron chi connectivity index (χ2n) is 8.58. The first-order chi connectivity index (χ1) is 17.0. The Kier molecular flexibility index (Phi) is 7.50. The molecule has 4 rings (SSSR count). The summed E-state index contributed by atoms with van der Waals surface area (Å²) in [7, 11) is 1.50. The topological polar surface area (TPSA) is 111 Å². The number of nitrogens with one attached hydrogen (secondary N) is 1. The van der Waals surface area contributed by atoms with Crippen LogP contribution < -0.4 is 20.5 Å². The number of methoxy groups -OCH3 is 1. The Bertz CT molecular complexity index is 1240. The van der Waals surface area contributed by atoms with Gasteiger partial charge in [-0.05, 0) is 47.4 Å². The normalized spacial score (nSPS) is 15.5. The molecular formula is C27H29N3O5. The van der Waals surface area contributed by atoms with Crippen molar-refractivity contribution in [2.75, 3.05) is 26.8 Å². The van der Waals surface area contributed by atoms with E-state index in [4.69, 9.17) is 15.2 Å². The molecule has 1 unspecified atom stereocenters. The summed E-state index contributed by atoms with van der Waals surface area (Å²) in [4.78, 5) is 39.0. The van der Waals surface area contributed by atoms with Gasteiger partial charge >= 0.3 is 0 Å². The van der Waals surface area contributed by atoms with E-state index in [9.17, 15) is 14.4 Å². The van der Waals surface area contributed by atoms with E-state index < -0.39 is 5.91 Å². The highest BCUT2D eigenvalue weighted by molar-refractivity contribution is 6.07. The van der Waals surface area contributed by atoms with Crippen LogP contribution in [0.2, 0.25) is 0 Å². The van der Waals surface area contributed by atoms with Gasteiger partial charge in [0.1, 0.15) is 0 Å². The average molecular weight is 476 g/mol. The maximum Gasteiger partial charge on any atom is 0.255 e. The van der Waals surface area contributed by atoms with Gasteiger partial charge in [-0.25, -0.2) is 0 Å². The Labute approximate surface area is 204 Å².